The van der Waals surface area contributed by atoms with Crippen molar-refractivity contribution in [1.82, 2.24) is 20.5 Å². The van der Waals surface area contributed by atoms with Gasteiger partial charge in [-0.15, -0.1) is 11.3 Å². The van der Waals surface area contributed by atoms with Gasteiger partial charge in [0, 0.05) is 11.4 Å². The highest BCUT2D eigenvalue weighted by Crippen LogP contribution is 2.07. The van der Waals surface area contributed by atoms with E-state index in [1.165, 1.54) is 11.2 Å². The highest BCUT2D eigenvalue weighted by molar-refractivity contribution is 7.09. The molecule has 0 aliphatic heterocycles. The number of H-pyrrole nitrogens is 1. The Morgan fingerprint density at radius 3 is 3.20 bits per heavy atom. The van der Waals surface area contributed by atoms with Gasteiger partial charge in [0.2, 0.25) is 5.82 Å². The van der Waals surface area contributed by atoms with Crippen LogP contribution in [-0.4, -0.2) is 27.6 Å². The molecule has 0 aromatic carbocycles. The summed E-state index contributed by atoms with van der Waals surface area (Å²) >= 11 is 1.68. The topological polar surface area (TPSA) is 70.7 Å². The zero-order valence-electron chi connectivity index (χ0n) is 7.93. The molecule has 2 aromatic heterocycles. The number of nitrogens with one attached hydrogen (secondary N) is 2. The maximum atomic E-state index is 11.4. The fourth-order valence-corrected chi connectivity index (χ4v) is 1.86. The molecule has 0 aliphatic rings. The van der Waals surface area contributed by atoms with Gasteiger partial charge in [-0.1, -0.05) is 6.07 Å². The molecule has 0 saturated carbocycles. The molecule has 2 N–H and O–H groups in total. The Kier molecular flexibility index (Phi) is 3.08. The van der Waals surface area contributed by atoms with Gasteiger partial charge < -0.3 is 5.32 Å². The van der Waals surface area contributed by atoms with Gasteiger partial charge in [-0.2, -0.15) is 5.10 Å². The molecule has 6 heteroatoms. The van der Waals surface area contributed by atoms with Crippen molar-refractivity contribution in [3.63, 3.8) is 0 Å². The zero-order chi connectivity index (χ0) is 10.5. The standard InChI is InChI=1S/C9H10N4OS/c14-9(8-11-6-12-13-8)10-4-3-7-2-1-5-15-7/h1-2,5-6H,3-4H2,(H,10,14)(H,11,12,13). The van der Waals surface area contributed by atoms with Crippen molar-refractivity contribution in [3.8, 4) is 0 Å². The summed E-state index contributed by atoms with van der Waals surface area (Å²) in [6.07, 6.45) is 2.16. The molecule has 1 amide bonds. The number of aromatic nitrogens is 3. The van der Waals surface area contributed by atoms with E-state index < -0.39 is 0 Å². The zero-order valence-corrected chi connectivity index (χ0v) is 8.75. The number of carbonyl (C=O) groups is 1. The van der Waals surface area contributed by atoms with Crippen LogP contribution in [0.4, 0.5) is 0 Å². The Morgan fingerprint density at radius 2 is 2.53 bits per heavy atom. The van der Waals surface area contributed by atoms with Crippen LogP contribution < -0.4 is 5.32 Å². The van der Waals surface area contributed by atoms with E-state index in [0.29, 0.717) is 6.54 Å². The first kappa shape index (κ1) is 9.85. The lowest BCUT2D eigenvalue weighted by Gasteiger charge is -2.00. The molecule has 2 aromatic rings. The largest absolute Gasteiger partial charge is 0.349 e. The molecule has 0 aliphatic carbocycles. The highest BCUT2D eigenvalue weighted by Gasteiger charge is 2.06. The molecule has 15 heavy (non-hydrogen) atoms. The molecule has 0 bridgehead atoms. The first-order valence-corrected chi connectivity index (χ1v) is 5.40. The van der Waals surface area contributed by atoms with Crippen LogP contribution in [0.15, 0.2) is 23.8 Å². The van der Waals surface area contributed by atoms with Gasteiger partial charge in [-0.25, -0.2) is 4.98 Å². The van der Waals surface area contributed by atoms with E-state index in [0.717, 1.165) is 6.42 Å². The molecule has 0 atom stereocenters. The van der Waals surface area contributed by atoms with Crippen molar-refractivity contribution in [1.29, 1.82) is 0 Å². The fourth-order valence-electron chi connectivity index (χ4n) is 1.15. The summed E-state index contributed by atoms with van der Waals surface area (Å²) in [5.41, 5.74) is 0. The number of amides is 1. The fraction of sp³-hybridized carbons (Fsp3) is 0.222. The molecule has 0 unspecified atom stereocenters. The van der Waals surface area contributed by atoms with Crippen molar-refractivity contribution in [2.45, 2.75) is 6.42 Å². The van der Waals surface area contributed by atoms with E-state index in [1.807, 2.05) is 17.5 Å². The number of thiophene rings is 1. The average Bonchev–Trinajstić information content (AvgIpc) is 2.90. The van der Waals surface area contributed by atoms with Gasteiger partial charge in [0.15, 0.2) is 0 Å². The van der Waals surface area contributed by atoms with Crippen LogP contribution in [0.3, 0.4) is 0 Å². The van der Waals surface area contributed by atoms with Crippen LogP contribution in [0.5, 0.6) is 0 Å². The van der Waals surface area contributed by atoms with E-state index in [4.69, 9.17) is 0 Å². The predicted octanol–water partition coefficient (Wildman–Crippen LogP) is 0.839. The Morgan fingerprint density at radius 1 is 1.60 bits per heavy atom. The third-order valence-corrected chi connectivity index (χ3v) is 2.80. The molecule has 5 nitrogen and oxygen atoms in total. The van der Waals surface area contributed by atoms with Gasteiger partial charge in [0.05, 0.1) is 0 Å². The summed E-state index contributed by atoms with van der Waals surface area (Å²) < 4.78 is 0. The number of carbonyl (C=O) groups excluding carboxylic acids is 1. The van der Waals surface area contributed by atoms with Crippen LogP contribution in [0.2, 0.25) is 0 Å². The van der Waals surface area contributed by atoms with Crippen molar-refractivity contribution in [2.24, 2.45) is 0 Å². The molecule has 0 fully saturated rings. The molecule has 2 heterocycles. The average molecular weight is 222 g/mol. The van der Waals surface area contributed by atoms with Crippen LogP contribution in [0, 0.1) is 0 Å². The normalized spacial score (nSPS) is 10.1. The van der Waals surface area contributed by atoms with E-state index in [1.54, 1.807) is 11.3 Å². The first-order chi connectivity index (χ1) is 7.36. The van der Waals surface area contributed by atoms with Crippen molar-refractivity contribution in [2.75, 3.05) is 6.54 Å². The van der Waals surface area contributed by atoms with Crippen LogP contribution in [0.1, 0.15) is 15.5 Å². The Balaban J connectivity index is 1.77. The van der Waals surface area contributed by atoms with Gasteiger partial charge in [-0.05, 0) is 17.9 Å². The lowest BCUT2D eigenvalue weighted by molar-refractivity contribution is 0.0944. The van der Waals surface area contributed by atoms with E-state index in [-0.39, 0.29) is 11.7 Å². The minimum Gasteiger partial charge on any atom is -0.349 e. The summed E-state index contributed by atoms with van der Waals surface area (Å²) in [7, 11) is 0. The third-order valence-electron chi connectivity index (χ3n) is 1.87. The predicted molar refractivity (Wildman–Crippen MR) is 56.7 cm³/mol. The number of hydrogen-bond donors (Lipinski definition) is 2. The lowest BCUT2D eigenvalue weighted by atomic mass is 10.3. The maximum Gasteiger partial charge on any atom is 0.288 e. The molecule has 0 saturated heterocycles. The molecular weight excluding hydrogens is 212 g/mol. The molecule has 78 valence electrons. The first-order valence-electron chi connectivity index (χ1n) is 4.52. The third kappa shape index (κ3) is 2.63. The molecule has 0 radical (unpaired) electrons. The van der Waals surface area contributed by atoms with Crippen LogP contribution in [0.25, 0.3) is 0 Å². The van der Waals surface area contributed by atoms with Gasteiger partial charge in [0.25, 0.3) is 5.91 Å². The van der Waals surface area contributed by atoms with Crippen molar-refractivity contribution in [3.05, 3.63) is 34.5 Å². The lowest BCUT2D eigenvalue weighted by Crippen LogP contribution is -2.26. The van der Waals surface area contributed by atoms with E-state index in [9.17, 15) is 4.79 Å². The van der Waals surface area contributed by atoms with E-state index in [2.05, 4.69) is 20.5 Å². The van der Waals surface area contributed by atoms with Crippen molar-refractivity contribution < 1.29 is 4.79 Å². The number of aromatic amines is 1. The van der Waals surface area contributed by atoms with Gasteiger partial charge >= 0.3 is 0 Å². The SMILES string of the molecule is O=C(NCCc1cccs1)c1ncn[nH]1. The molecular formula is C9H10N4OS. The minimum absolute atomic E-state index is 0.218. The Labute approximate surface area is 90.6 Å². The van der Waals surface area contributed by atoms with Gasteiger partial charge in [0.1, 0.15) is 6.33 Å². The summed E-state index contributed by atoms with van der Waals surface area (Å²) in [6.45, 7) is 0.611. The van der Waals surface area contributed by atoms with E-state index >= 15 is 0 Å². The van der Waals surface area contributed by atoms with Crippen LogP contribution >= 0.6 is 11.3 Å². The Bertz CT molecular complexity index is 409. The number of hydrogen-bond acceptors (Lipinski definition) is 4. The maximum absolute atomic E-state index is 11.4. The second kappa shape index (κ2) is 4.70. The summed E-state index contributed by atoms with van der Waals surface area (Å²) in [5.74, 6) is 0.0326. The quantitative estimate of drug-likeness (QED) is 0.805. The van der Waals surface area contributed by atoms with Crippen LogP contribution in [-0.2, 0) is 6.42 Å². The summed E-state index contributed by atoms with van der Waals surface area (Å²) in [6, 6.07) is 4.05. The number of rotatable bonds is 4. The smallest absolute Gasteiger partial charge is 0.288 e. The van der Waals surface area contributed by atoms with Crippen molar-refractivity contribution >= 4 is 17.2 Å². The Hall–Kier alpha value is -1.69. The summed E-state index contributed by atoms with van der Waals surface area (Å²) in [5, 5.41) is 10.9. The minimum atomic E-state index is -0.218. The van der Waals surface area contributed by atoms with Gasteiger partial charge in [-0.3, -0.25) is 9.89 Å². The molecule has 0 spiro atoms. The second-order valence-electron chi connectivity index (χ2n) is 2.92. The monoisotopic (exact) mass is 222 g/mol. The molecule has 2 rings (SSSR count). The summed E-state index contributed by atoms with van der Waals surface area (Å²) in [4.78, 5) is 16.4. The second-order valence-corrected chi connectivity index (χ2v) is 3.95. The highest BCUT2D eigenvalue weighted by atomic mass is 32.1. The number of nitrogens with zero attached hydrogens (tertiary/aromatic N) is 2.